The smallest absolute Gasteiger partial charge is 0.224 e. The molecule has 0 spiro atoms. The molecule has 2 unspecified atom stereocenters. The maximum Gasteiger partial charge on any atom is 0.224 e. The predicted octanol–water partition coefficient (Wildman–Crippen LogP) is 3.80. The zero-order chi connectivity index (χ0) is 17.0. The molecule has 4 nitrogen and oxygen atoms in total. The van der Waals surface area contributed by atoms with Gasteiger partial charge in [0, 0.05) is 23.0 Å². The quantitative estimate of drug-likeness (QED) is 0.832. The van der Waals surface area contributed by atoms with E-state index in [1.165, 1.54) is 0 Å². The molecule has 2 aromatic rings. The molecule has 0 fully saturated rings. The van der Waals surface area contributed by atoms with Crippen molar-refractivity contribution in [1.82, 2.24) is 15.6 Å². The van der Waals surface area contributed by atoms with Crippen molar-refractivity contribution in [3.05, 3.63) is 39.9 Å². The number of halogens is 1. The van der Waals surface area contributed by atoms with Crippen molar-refractivity contribution in [2.24, 2.45) is 5.92 Å². The summed E-state index contributed by atoms with van der Waals surface area (Å²) in [4.78, 5) is 17.9. The van der Waals surface area contributed by atoms with E-state index in [1.807, 2.05) is 52.1 Å². The van der Waals surface area contributed by atoms with Gasteiger partial charge in [0.1, 0.15) is 5.01 Å². The van der Waals surface area contributed by atoms with Crippen LogP contribution in [0.15, 0.2) is 24.3 Å². The number of amides is 1. The Labute approximate surface area is 146 Å². The number of carbonyl (C=O) groups excluding carboxylic acids is 1. The molecule has 1 aromatic heterocycles. The van der Waals surface area contributed by atoms with Gasteiger partial charge in [0.25, 0.3) is 0 Å². The van der Waals surface area contributed by atoms with Gasteiger partial charge in [-0.05, 0) is 33.0 Å². The fourth-order valence-electron chi connectivity index (χ4n) is 2.35. The number of aromatic nitrogens is 1. The highest BCUT2D eigenvalue weighted by atomic mass is 35.5. The Morgan fingerprint density at radius 2 is 1.96 bits per heavy atom. The number of aryl methyl sites for hydroxylation is 1. The summed E-state index contributed by atoms with van der Waals surface area (Å²) in [5, 5.41) is 7.74. The van der Waals surface area contributed by atoms with Crippen molar-refractivity contribution in [2.75, 3.05) is 13.6 Å². The first-order valence-electron chi connectivity index (χ1n) is 7.60. The lowest BCUT2D eigenvalue weighted by Crippen LogP contribution is -2.35. The molecular weight excluding hydrogens is 330 g/mol. The van der Waals surface area contributed by atoms with Crippen LogP contribution in [-0.2, 0) is 4.79 Å². The van der Waals surface area contributed by atoms with E-state index in [1.54, 1.807) is 11.3 Å². The predicted molar refractivity (Wildman–Crippen MR) is 96.9 cm³/mol. The van der Waals surface area contributed by atoms with Crippen LogP contribution in [0, 0.1) is 12.8 Å². The SMILES string of the molecule is CNCC(C)C(=O)NC(C)c1sc(-c2ccc(Cl)cc2)nc1C. The van der Waals surface area contributed by atoms with E-state index in [0.717, 1.165) is 21.1 Å². The van der Waals surface area contributed by atoms with E-state index < -0.39 is 0 Å². The summed E-state index contributed by atoms with van der Waals surface area (Å²) in [7, 11) is 1.85. The maximum absolute atomic E-state index is 12.2. The zero-order valence-electron chi connectivity index (χ0n) is 13.8. The number of rotatable bonds is 6. The van der Waals surface area contributed by atoms with Crippen molar-refractivity contribution in [3.8, 4) is 10.6 Å². The van der Waals surface area contributed by atoms with Crippen LogP contribution in [0.2, 0.25) is 5.02 Å². The third-order valence-corrected chi connectivity index (χ3v) is 5.27. The van der Waals surface area contributed by atoms with E-state index in [0.29, 0.717) is 11.6 Å². The van der Waals surface area contributed by atoms with Crippen LogP contribution < -0.4 is 10.6 Å². The van der Waals surface area contributed by atoms with Crippen LogP contribution in [0.4, 0.5) is 0 Å². The minimum atomic E-state index is -0.0635. The molecule has 23 heavy (non-hydrogen) atoms. The Balaban J connectivity index is 2.14. The molecule has 2 atom stereocenters. The highest BCUT2D eigenvalue weighted by Crippen LogP contribution is 2.32. The van der Waals surface area contributed by atoms with Crippen LogP contribution in [-0.4, -0.2) is 24.5 Å². The van der Waals surface area contributed by atoms with Gasteiger partial charge in [0.05, 0.1) is 16.6 Å². The molecule has 0 bridgehead atoms. The summed E-state index contributed by atoms with van der Waals surface area (Å²) in [5.41, 5.74) is 1.99. The second-order valence-corrected chi connectivity index (χ2v) is 7.13. The first-order chi connectivity index (χ1) is 10.9. The van der Waals surface area contributed by atoms with Gasteiger partial charge in [-0.1, -0.05) is 30.7 Å². The van der Waals surface area contributed by atoms with Gasteiger partial charge < -0.3 is 10.6 Å². The van der Waals surface area contributed by atoms with Crippen LogP contribution in [0.3, 0.4) is 0 Å². The lowest BCUT2D eigenvalue weighted by Gasteiger charge is -2.16. The summed E-state index contributed by atoms with van der Waals surface area (Å²) < 4.78 is 0. The van der Waals surface area contributed by atoms with Crippen molar-refractivity contribution >= 4 is 28.8 Å². The molecule has 0 radical (unpaired) electrons. The van der Waals surface area contributed by atoms with Crippen LogP contribution >= 0.6 is 22.9 Å². The molecule has 6 heteroatoms. The largest absolute Gasteiger partial charge is 0.348 e. The van der Waals surface area contributed by atoms with Crippen LogP contribution in [0.1, 0.15) is 30.5 Å². The summed E-state index contributed by atoms with van der Waals surface area (Å²) in [6.45, 7) is 6.55. The number of hydrogen-bond donors (Lipinski definition) is 2. The van der Waals surface area contributed by atoms with Crippen molar-refractivity contribution in [2.45, 2.75) is 26.8 Å². The van der Waals surface area contributed by atoms with E-state index in [9.17, 15) is 4.79 Å². The summed E-state index contributed by atoms with van der Waals surface area (Å²) in [6.07, 6.45) is 0. The number of nitrogens with zero attached hydrogens (tertiary/aromatic N) is 1. The second-order valence-electron chi connectivity index (χ2n) is 5.66. The average molecular weight is 352 g/mol. The van der Waals surface area contributed by atoms with Crippen LogP contribution in [0.25, 0.3) is 10.6 Å². The summed E-state index contributed by atoms with van der Waals surface area (Å²) in [5.74, 6) is -0.0147. The topological polar surface area (TPSA) is 54.0 Å². The normalized spacial score (nSPS) is 13.6. The monoisotopic (exact) mass is 351 g/mol. The average Bonchev–Trinajstić information content (AvgIpc) is 2.90. The molecule has 0 aliphatic carbocycles. The Morgan fingerprint density at radius 1 is 1.30 bits per heavy atom. The Morgan fingerprint density at radius 3 is 2.57 bits per heavy atom. The van der Waals surface area contributed by atoms with Crippen LogP contribution in [0.5, 0.6) is 0 Å². The number of nitrogens with one attached hydrogen (secondary N) is 2. The highest BCUT2D eigenvalue weighted by Gasteiger charge is 2.19. The van der Waals surface area contributed by atoms with Crippen molar-refractivity contribution in [1.29, 1.82) is 0 Å². The van der Waals surface area contributed by atoms with Gasteiger partial charge in [0.15, 0.2) is 0 Å². The number of hydrogen-bond acceptors (Lipinski definition) is 4. The fourth-order valence-corrected chi connectivity index (χ4v) is 3.55. The van der Waals surface area contributed by atoms with E-state index in [-0.39, 0.29) is 17.9 Å². The molecule has 1 amide bonds. The molecule has 124 valence electrons. The highest BCUT2D eigenvalue weighted by molar-refractivity contribution is 7.15. The Bertz CT molecular complexity index is 669. The van der Waals surface area contributed by atoms with Gasteiger partial charge >= 0.3 is 0 Å². The third kappa shape index (κ3) is 4.53. The van der Waals surface area contributed by atoms with Gasteiger partial charge in [0.2, 0.25) is 5.91 Å². The summed E-state index contributed by atoms with van der Waals surface area (Å²) >= 11 is 7.54. The molecule has 2 N–H and O–H groups in total. The number of benzene rings is 1. The van der Waals surface area contributed by atoms with Gasteiger partial charge in [-0.15, -0.1) is 11.3 Å². The zero-order valence-corrected chi connectivity index (χ0v) is 15.4. The molecule has 0 saturated carbocycles. The molecule has 1 aromatic carbocycles. The number of thiazole rings is 1. The third-order valence-electron chi connectivity index (χ3n) is 3.63. The fraction of sp³-hybridized carbons (Fsp3) is 0.412. The maximum atomic E-state index is 12.2. The first kappa shape index (κ1) is 17.9. The molecular formula is C17H22ClN3OS. The van der Waals surface area contributed by atoms with E-state index >= 15 is 0 Å². The molecule has 0 aliphatic rings. The second kappa shape index (κ2) is 7.90. The van der Waals surface area contributed by atoms with E-state index in [4.69, 9.17) is 11.6 Å². The Hall–Kier alpha value is -1.43. The lowest BCUT2D eigenvalue weighted by molar-refractivity contribution is -0.125. The van der Waals surface area contributed by atoms with Gasteiger partial charge in [-0.3, -0.25) is 4.79 Å². The summed E-state index contributed by atoms with van der Waals surface area (Å²) in [6, 6.07) is 7.58. The minimum absolute atomic E-state index is 0.0488. The molecule has 1 heterocycles. The first-order valence-corrected chi connectivity index (χ1v) is 8.80. The van der Waals surface area contributed by atoms with Crippen molar-refractivity contribution < 1.29 is 4.79 Å². The molecule has 0 saturated heterocycles. The lowest BCUT2D eigenvalue weighted by atomic mass is 10.1. The van der Waals surface area contributed by atoms with Crippen molar-refractivity contribution in [3.63, 3.8) is 0 Å². The standard InChI is InChI=1S/C17H22ClN3OS/c1-10(9-19-4)16(22)20-11(2)15-12(3)21-17(23-15)13-5-7-14(18)8-6-13/h5-8,10-11,19H,9H2,1-4H3,(H,20,22). The van der Waals surface area contributed by atoms with Gasteiger partial charge in [-0.2, -0.15) is 0 Å². The molecule has 0 aliphatic heterocycles. The Kier molecular flexibility index (Phi) is 6.16. The van der Waals surface area contributed by atoms with E-state index in [2.05, 4.69) is 15.6 Å². The van der Waals surface area contributed by atoms with Gasteiger partial charge in [-0.25, -0.2) is 4.98 Å². The minimum Gasteiger partial charge on any atom is -0.348 e. The molecule has 2 rings (SSSR count). The number of carbonyl (C=O) groups is 1.